The van der Waals surface area contributed by atoms with E-state index in [0.29, 0.717) is 29.9 Å². The van der Waals surface area contributed by atoms with Crippen molar-refractivity contribution in [1.82, 2.24) is 31.1 Å². The van der Waals surface area contributed by atoms with Gasteiger partial charge in [0.2, 0.25) is 35.3 Å². The van der Waals surface area contributed by atoms with E-state index in [1.54, 1.807) is 75.4 Å². The van der Waals surface area contributed by atoms with Crippen molar-refractivity contribution in [3.63, 3.8) is 0 Å². The van der Waals surface area contributed by atoms with Crippen molar-refractivity contribution in [2.75, 3.05) is 52.4 Å². The highest BCUT2D eigenvalue weighted by atomic mass is 32.2. The van der Waals surface area contributed by atoms with Gasteiger partial charge in [-0.1, -0.05) is 63.2 Å². The molecule has 0 aliphatic carbocycles. The number of nitrogens with zero attached hydrogens (tertiary/aromatic N) is 2. The zero-order valence-corrected chi connectivity index (χ0v) is 33.8. The zero-order valence-electron chi connectivity index (χ0n) is 33.0. The molecule has 2 aliphatic rings. The Balaban J connectivity index is 1.52. The third-order valence-electron chi connectivity index (χ3n) is 9.30. The highest BCUT2D eigenvalue weighted by molar-refractivity contribution is 7.90. The molecule has 0 radical (unpaired) electrons. The number of ether oxygens (including phenoxy) is 2. The van der Waals surface area contributed by atoms with E-state index in [1.807, 2.05) is 0 Å². The Kier molecular flexibility index (Phi) is 14.9. The summed E-state index contributed by atoms with van der Waals surface area (Å²) in [5.74, 6) is -6.36. The van der Waals surface area contributed by atoms with Crippen molar-refractivity contribution in [2.24, 2.45) is 5.41 Å². The quantitative estimate of drug-likeness (QED) is 0.215. The van der Waals surface area contributed by atoms with Crippen LogP contribution in [0.3, 0.4) is 0 Å². The predicted octanol–water partition coefficient (Wildman–Crippen LogP) is -0.311. The minimum Gasteiger partial charge on any atom is -0.493 e. The maximum Gasteiger partial charge on any atom is 0.290 e. The molecule has 1 unspecified atom stereocenters. The summed E-state index contributed by atoms with van der Waals surface area (Å²) in [5, 5.41) is 9.85. The molecule has 0 aromatic heterocycles. The second-order valence-corrected chi connectivity index (χ2v) is 17.7. The summed E-state index contributed by atoms with van der Waals surface area (Å²) in [4.78, 5) is 96.4. The van der Waals surface area contributed by atoms with Crippen LogP contribution in [0.5, 0.6) is 5.75 Å². The van der Waals surface area contributed by atoms with Crippen molar-refractivity contribution >= 4 is 51.1 Å². The summed E-state index contributed by atoms with van der Waals surface area (Å²) in [6.45, 7) is 4.96. The third kappa shape index (κ3) is 12.8. The van der Waals surface area contributed by atoms with Gasteiger partial charge in [-0.05, 0) is 28.7 Å². The molecule has 2 aromatic carbocycles. The topological polar surface area (TPSA) is 227 Å². The van der Waals surface area contributed by atoms with E-state index in [9.17, 15) is 42.0 Å². The first-order chi connectivity index (χ1) is 26.7. The second-order valence-electron chi connectivity index (χ2n) is 15.5. The summed E-state index contributed by atoms with van der Waals surface area (Å²) in [6, 6.07) is 10.0. The number of hydrogen-bond donors (Lipinski definition) is 4. The fourth-order valence-electron chi connectivity index (χ4n) is 6.43. The molecule has 1 fully saturated rings. The minimum atomic E-state index is -3.99. The Morgan fingerprint density at radius 1 is 0.982 bits per heavy atom. The van der Waals surface area contributed by atoms with Gasteiger partial charge in [-0.15, -0.1) is 0 Å². The SMILES string of the molecule is CN(C)C(=O)[C@@H](NC(=O)CNC(=O)C(=O)C(CS(C)(=O)=O)NC(=O)[C@@H]1C[C@@H]2CN1C(=O)[C@H](C(C)(C)C)NC(=O)Cc1cccc(c1)OCCCO2)c1ccccc1. The third-order valence-corrected chi connectivity index (χ3v) is 10.2. The van der Waals surface area contributed by atoms with E-state index in [1.165, 1.54) is 23.9 Å². The molecule has 0 spiro atoms. The fraction of sp³-hybridized carbons (Fsp3) is 0.513. The van der Waals surface area contributed by atoms with E-state index in [0.717, 1.165) is 6.26 Å². The standard InChI is InChI=1S/C39H52N6O11S/c1-39(2,3)34-38(52)45-22-27(56-17-11-16-55-26-15-10-12-24(18-26)19-30(46)43-34)20-29(45)35(49)41-28(23-57(6,53)54)33(48)36(50)40-21-31(47)42-32(37(51)44(4)5)25-13-8-7-9-14-25/h7-10,12-15,18,27-29,32,34H,11,16-17,19-23H2,1-6H3,(H,40,50)(H,41,49)(H,42,47)(H,43,46)/t27-,28?,29+,32+,34-/m1/s1. The average molecular weight is 813 g/mol. The molecule has 310 valence electrons. The lowest BCUT2D eigenvalue weighted by Gasteiger charge is -2.35. The van der Waals surface area contributed by atoms with Crippen LogP contribution in [0.2, 0.25) is 0 Å². The first-order valence-corrected chi connectivity index (χ1v) is 20.6. The van der Waals surface area contributed by atoms with Gasteiger partial charge in [-0.25, -0.2) is 8.42 Å². The normalized spacial score (nSPS) is 20.2. The van der Waals surface area contributed by atoms with Crippen molar-refractivity contribution in [2.45, 2.75) is 70.3 Å². The average Bonchev–Trinajstić information content (AvgIpc) is 3.57. The highest BCUT2D eigenvalue weighted by Gasteiger charge is 2.46. The van der Waals surface area contributed by atoms with E-state index in [2.05, 4.69) is 21.3 Å². The number of sulfone groups is 1. The number of nitrogens with one attached hydrogen (secondary N) is 4. The van der Waals surface area contributed by atoms with Gasteiger partial charge in [-0.3, -0.25) is 33.6 Å². The lowest BCUT2D eigenvalue weighted by Crippen LogP contribution is -2.59. The fourth-order valence-corrected chi connectivity index (χ4v) is 7.27. The molecule has 57 heavy (non-hydrogen) atoms. The van der Waals surface area contributed by atoms with Crippen LogP contribution in [0.25, 0.3) is 0 Å². The molecule has 2 aliphatic heterocycles. The molecule has 4 bridgehead atoms. The molecule has 4 rings (SSSR count). The number of Topliss-reactive ketones (excluding diaryl/α,β-unsaturated/α-hetero) is 1. The number of amides is 6. The summed E-state index contributed by atoms with van der Waals surface area (Å²) >= 11 is 0. The number of benzene rings is 2. The Labute approximate surface area is 332 Å². The smallest absolute Gasteiger partial charge is 0.290 e. The van der Waals surface area contributed by atoms with Crippen molar-refractivity contribution < 1.29 is 51.5 Å². The van der Waals surface area contributed by atoms with Crippen LogP contribution in [0, 0.1) is 5.41 Å². The van der Waals surface area contributed by atoms with Gasteiger partial charge in [0.1, 0.15) is 39.8 Å². The monoisotopic (exact) mass is 812 g/mol. The van der Waals surface area contributed by atoms with E-state index in [-0.39, 0.29) is 26.0 Å². The van der Waals surface area contributed by atoms with Crippen LogP contribution in [0.15, 0.2) is 54.6 Å². The molecule has 4 N–H and O–H groups in total. The maximum atomic E-state index is 14.3. The molecular weight excluding hydrogens is 761 g/mol. The van der Waals surface area contributed by atoms with Crippen LogP contribution in [-0.2, 0) is 54.6 Å². The Bertz CT molecular complexity index is 1930. The molecule has 1 saturated heterocycles. The summed E-state index contributed by atoms with van der Waals surface area (Å²) < 4.78 is 36.8. The Hall–Kier alpha value is -5.36. The Morgan fingerprint density at radius 3 is 2.33 bits per heavy atom. The summed E-state index contributed by atoms with van der Waals surface area (Å²) in [5.41, 5.74) is 0.303. The Morgan fingerprint density at radius 2 is 1.68 bits per heavy atom. The van der Waals surface area contributed by atoms with E-state index < -0.39 is 99.0 Å². The molecule has 0 saturated carbocycles. The number of hydrogen-bond acceptors (Lipinski definition) is 11. The van der Waals surface area contributed by atoms with E-state index >= 15 is 0 Å². The van der Waals surface area contributed by atoms with Gasteiger partial charge in [-0.2, -0.15) is 0 Å². The van der Waals surface area contributed by atoms with Crippen LogP contribution >= 0.6 is 0 Å². The number of likely N-dealkylation sites (N-methyl/N-ethyl adjacent to an activating group) is 1. The van der Waals surface area contributed by atoms with Gasteiger partial charge in [0.05, 0.1) is 38.0 Å². The van der Waals surface area contributed by atoms with Crippen molar-refractivity contribution in [3.8, 4) is 5.75 Å². The number of ketones is 1. The number of carbonyl (C=O) groups excluding carboxylic acids is 7. The summed E-state index contributed by atoms with van der Waals surface area (Å²) in [7, 11) is -0.979. The first kappa shape index (κ1) is 44.4. The molecule has 17 nitrogen and oxygen atoms in total. The van der Waals surface area contributed by atoms with Crippen LogP contribution in [-0.4, -0.2) is 136 Å². The first-order valence-electron chi connectivity index (χ1n) is 18.5. The van der Waals surface area contributed by atoms with Gasteiger partial charge >= 0.3 is 0 Å². The predicted molar refractivity (Wildman–Crippen MR) is 207 cm³/mol. The van der Waals surface area contributed by atoms with Gasteiger partial charge < -0.3 is 40.5 Å². The largest absolute Gasteiger partial charge is 0.493 e. The van der Waals surface area contributed by atoms with E-state index in [4.69, 9.17) is 9.47 Å². The molecule has 2 aromatic rings. The van der Waals surface area contributed by atoms with Crippen molar-refractivity contribution in [3.05, 3.63) is 65.7 Å². The van der Waals surface area contributed by atoms with Crippen LogP contribution in [0.1, 0.15) is 50.8 Å². The van der Waals surface area contributed by atoms with Gasteiger partial charge in [0.25, 0.3) is 5.91 Å². The molecule has 5 atom stereocenters. The second kappa shape index (κ2) is 19.2. The zero-order chi connectivity index (χ0) is 42.1. The van der Waals surface area contributed by atoms with Crippen LogP contribution < -0.4 is 26.0 Å². The molecule has 6 amide bonds. The number of rotatable bonds is 11. The summed E-state index contributed by atoms with van der Waals surface area (Å²) in [6.07, 6.45) is 0.548. The van der Waals surface area contributed by atoms with Crippen molar-refractivity contribution in [1.29, 1.82) is 0 Å². The molecule has 2 heterocycles. The lowest BCUT2D eigenvalue weighted by atomic mass is 9.85. The lowest BCUT2D eigenvalue weighted by molar-refractivity contribution is -0.145. The van der Waals surface area contributed by atoms with Gasteiger partial charge in [0.15, 0.2) is 0 Å². The number of carbonyl (C=O) groups is 7. The highest BCUT2D eigenvalue weighted by Crippen LogP contribution is 2.28. The molecular formula is C39H52N6O11S. The van der Waals surface area contributed by atoms with Crippen LogP contribution in [0.4, 0.5) is 0 Å². The molecule has 18 heteroatoms. The maximum absolute atomic E-state index is 14.3. The number of fused-ring (bicyclic) bond motifs is 4. The van der Waals surface area contributed by atoms with Gasteiger partial charge in [0, 0.05) is 39.7 Å². The minimum absolute atomic E-state index is 0.0373.